The van der Waals surface area contributed by atoms with Gasteiger partial charge in [0.15, 0.2) is 5.78 Å². The van der Waals surface area contributed by atoms with E-state index in [1.165, 1.54) is 31.2 Å². The van der Waals surface area contributed by atoms with Crippen molar-refractivity contribution in [3.8, 4) is 0 Å². The summed E-state index contributed by atoms with van der Waals surface area (Å²) in [6.45, 7) is 1.48. The summed E-state index contributed by atoms with van der Waals surface area (Å²) in [5, 5.41) is 18.1. The number of nitrogens with two attached hydrogens (primary N) is 1. The first kappa shape index (κ1) is 15.6. The second-order valence-electron chi connectivity index (χ2n) is 4.26. The average molecular weight is 321 g/mol. The largest absolute Gasteiger partial charge is 0.334 e. The van der Waals surface area contributed by atoms with Gasteiger partial charge >= 0.3 is 0 Å². The number of Topliss-reactive ketones (excluding diaryl/α,β-unsaturated/α-hetero) is 1. The van der Waals surface area contributed by atoms with Crippen LogP contribution in [0.5, 0.6) is 0 Å². The van der Waals surface area contributed by atoms with Crippen LogP contribution in [0.25, 0.3) is 0 Å². The molecule has 0 aliphatic heterocycles. The normalized spacial score (nSPS) is 10.4. The van der Waals surface area contributed by atoms with Crippen LogP contribution in [-0.2, 0) is 0 Å². The highest BCUT2D eigenvalue weighted by atomic mass is 32.2. The van der Waals surface area contributed by atoms with Crippen molar-refractivity contribution in [2.75, 3.05) is 11.6 Å². The number of hydrogen-bond acceptors (Lipinski definition) is 8. The Balaban J connectivity index is 2.08. The van der Waals surface area contributed by atoms with Crippen LogP contribution in [0.1, 0.15) is 16.1 Å². The molecule has 0 saturated heterocycles. The van der Waals surface area contributed by atoms with Crippen molar-refractivity contribution >= 4 is 23.2 Å². The van der Waals surface area contributed by atoms with E-state index in [0.29, 0.717) is 5.56 Å². The van der Waals surface area contributed by atoms with Crippen molar-refractivity contribution < 1.29 is 9.72 Å². The summed E-state index contributed by atoms with van der Waals surface area (Å²) in [4.78, 5) is 33.6. The number of aryl methyl sites for hydroxylation is 1. The molecule has 2 aromatic rings. The van der Waals surface area contributed by atoms with Gasteiger partial charge in [0.05, 0.1) is 10.7 Å². The molecule has 2 N–H and O–H groups in total. The lowest BCUT2D eigenvalue weighted by atomic mass is 10.1. The highest BCUT2D eigenvalue weighted by molar-refractivity contribution is 7.99. The van der Waals surface area contributed by atoms with Crippen LogP contribution in [0.2, 0.25) is 0 Å². The standard InChI is InChI=1S/C12H11N5O4S/c1-7-11(19)16(13)12(15-14-7)22-6-10(18)8-2-4-9(5-3-8)17(20)21/h2-5H,6,13H2,1H3. The fraction of sp³-hybridized carbons (Fsp3) is 0.167. The molecule has 0 bridgehead atoms. The van der Waals surface area contributed by atoms with Gasteiger partial charge in [-0.2, -0.15) is 4.68 Å². The number of ketones is 1. The third-order valence-electron chi connectivity index (χ3n) is 2.75. The van der Waals surface area contributed by atoms with E-state index in [-0.39, 0.29) is 28.1 Å². The summed E-state index contributed by atoms with van der Waals surface area (Å²) >= 11 is 0.964. The molecular weight excluding hydrogens is 310 g/mol. The molecule has 22 heavy (non-hydrogen) atoms. The number of non-ortho nitro benzene ring substituents is 1. The van der Waals surface area contributed by atoms with E-state index in [1.54, 1.807) is 0 Å². The summed E-state index contributed by atoms with van der Waals surface area (Å²) in [5.41, 5.74) is -0.0951. The van der Waals surface area contributed by atoms with Gasteiger partial charge in [-0.25, -0.2) is 0 Å². The molecular formula is C12H11N5O4S. The number of benzene rings is 1. The molecule has 10 heteroatoms. The first-order valence-electron chi connectivity index (χ1n) is 6.02. The minimum atomic E-state index is -0.544. The van der Waals surface area contributed by atoms with Crippen LogP contribution in [-0.4, -0.2) is 31.3 Å². The molecule has 0 aliphatic rings. The molecule has 0 fully saturated rings. The minimum absolute atomic E-state index is 0.0216. The number of carbonyl (C=O) groups is 1. The van der Waals surface area contributed by atoms with Gasteiger partial charge in [0.25, 0.3) is 11.2 Å². The number of nitro benzene ring substituents is 1. The Hall–Kier alpha value is -2.75. The van der Waals surface area contributed by atoms with Gasteiger partial charge in [0.1, 0.15) is 5.69 Å². The highest BCUT2D eigenvalue weighted by Gasteiger charge is 2.13. The van der Waals surface area contributed by atoms with Crippen molar-refractivity contribution in [2.24, 2.45) is 0 Å². The van der Waals surface area contributed by atoms with Crippen LogP contribution < -0.4 is 11.4 Å². The van der Waals surface area contributed by atoms with Gasteiger partial charge in [0, 0.05) is 17.7 Å². The quantitative estimate of drug-likeness (QED) is 0.277. The summed E-state index contributed by atoms with van der Waals surface area (Å²) in [6, 6.07) is 5.25. The predicted octanol–water partition coefficient (Wildman–Crippen LogP) is 0.544. The number of aromatic nitrogens is 3. The molecule has 0 amide bonds. The van der Waals surface area contributed by atoms with Gasteiger partial charge in [-0.1, -0.05) is 11.8 Å². The predicted molar refractivity (Wildman–Crippen MR) is 79.3 cm³/mol. The Bertz CT molecular complexity index is 787. The van der Waals surface area contributed by atoms with Crippen molar-refractivity contribution in [3.05, 3.63) is 56.0 Å². The number of thioether (sulfide) groups is 1. The zero-order chi connectivity index (χ0) is 16.3. The van der Waals surface area contributed by atoms with Gasteiger partial charge in [-0.3, -0.25) is 19.7 Å². The lowest BCUT2D eigenvalue weighted by molar-refractivity contribution is -0.384. The Morgan fingerprint density at radius 3 is 2.59 bits per heavy atom. The molecule has 0 saturated carbocycles. The summed E-state index contributed by atoms with van der Waals surface area (Å²) in [5.74, 6) is 5.27. The highest BCUT2D eigenvalue weighted by Crippen LogP contribution is 2.16. The van der Waals surface area contributed by atoms with Crippen LogP contribution in [0.15, 0.2) is 34.2 Å². The van der Waals surface area contributed by atoms with E-state index in [2.05, 4.69) is 10.2 Å². The van der Waals surface area contributed by atoms with Crippen molar-refractivity contribution in [1.29, 1.82) is 0 Å². The molecule has 0 aliphatic carbocycles. The third kappa shape index (κ3) is 3.28. The van der Waals surface area contributed by atoms with Gasteiger partial charge in [-0.05, 0) is 19.1 Å². The molecule has 2 rings (SSSR count). The SMILES string of the molecule is Cc1nnc(SCC(=O)c2ccc([N+](=O)[O-])cc2)n(N)c1=O. The summed E-state index contributed by atoms with van der Waals surface area (Å²) < 4.78 is 0.829. The Labute approximate surface area is 128 Å². The zero-order valence-electron chi connectivity index (χ0n) is 11.4. The smallest absolute Gasteiger partial charge is 0.294 e. The van der Waals surface area contributed by atoms with Gasteiger partial charge in [-0.15, -0.1) is 10.2 Å². The molecule has 0 spiro atoms. The van der Waals surface area contributed by atoms with Crippen LogP contribution in [0.3, 0.4) is 0 Å². The third-order valence-corrected chi connectivity index (χ3v) is 3.70. The number of rotatable bonds is 5. The number of carbonyl (C=O) groups excluding carboxylic acids is 1. The first-order valence-corrected chi connectivity index (χ1v) is 7.00. The van der Waals surface area contributed by atoms with E-state index in [1.807, 2.05) is 0 Å². The fourth-order valence-electron chi connectivity index (χ4n) is 1.55. The molecule has 0 atom stereocenters. The first-order chi connectivity index (χ1) is 10.4. The zero-order valence-corrected chi connectivity index (χ0v) is 12.2. The Kier molecular flexibility index (Phi) is 4.51. The van der Waals surface area contributed by atoms with E-state index in [4.69, 9.17) is 5.84 Å². The summed E-state index contributed by atoms with van der Waals surface area (Å²) in [7, 11) is 0. The van der Waals surface area contributed by atoms with E-state index in [9.17, 15) is 19.7 Å². The van der Waals surface area contributed by atoms with E-state index < -0.39 is 10.5 Å². The lowest BCUT2D eigenvalue weighted by Crippen LogP contribution is -2.32. The summed E-state index contributed by atoms with van der Waals surface area (Å²) in [6.07, 6.45) is 0. The van der Waals surface area contributed by atoms with Gasteiger partial charge < -0.3 is 5.84 Å². The second kappa shape index (κ2) is 6.35. The number of hydrogen-bond donors (Lipinski definition) is 1. The maximum atomic E-state index is 12.0. The molecule has 114 valence electrons. The molecule has 1 aromatic carbocycles. The topological polar surface area (TPSA) is 134 Å². The lowest BCUT2D eigenvalue weighted by Gasteiger charge is -2.05. The maximum Gasteiger partial charge on any atom is 0.294 e. The second-order valence-corrected chi connectivity index (χ2v) is 5.20. The molecule has 1 aromatic heterocycles. The maximum absolute atomic E-state index is 12.0. The van der Waals surface area contributed by atoms with E-state index >= 15 is 0 Å². The fourth-order valence-corrected chi connectivity index (χ4v) is 2.30. The van der Waals surface area contributed by atoms with Crippen LogP contribution in [0.4, 0.5) is 5.69 Å². The van der Waals surface area contributed by atoms with Crippen molar-refractivity contribution in [3.63, 3.8) is 0 Å². The molecule has 0 radical (unpaired) electrons. The average Bonchev–Trinajstić information content (AvgIpc) is 2.51. The van der Waals surface area contributed by atoms with Crippen LogP contribution >= 0.6 is 11.8 Å². The minimum Gasteiger partial charge on any atom is -0.334 e. The number of nitrogen functional groups attached to an aromatic ring is 1. The van der Waals surface area contributed by atoms with Crippen LogP contribution in [0, 0.1) is 17.0 Å². The Morgan fingerprint density at radius 2 is 2.00 bits per heavy atom. The van der Waals surface area contributed by atoms with Gasteiger partial charge in [0.2, 0.25) is 5.16 Å². The molecule has 0 unspecified atom stereocenters. The van der Waals surface area contributed by atoms with E-state index in [0.717, 1.165) is 16.4 Å². The van der Waals surface area contributed by atoms with Crippen molar-refractivity contribution in [1.82, 2.24) is 14.9 Å². The molecule has 1 heterocycles. The number of nitro groups is 1. The number of nitrogens with zero attached hydrogens (tertiary/aromatic N) is 4. The monoisotopic (exact) mass is 321 g/mol. The molecule has 9 nitrogen and oxygen atoms in total. The Morgan fingerprint density at radius 1 is 1.36 bits per heavy atom. The van der Waals surface area contributed by atoms with Crippen molar-refractivity contribution in [2.45, 2.75) is 12.1 Å².